The van der Waals surface area contributed by atoms with Crippen LogP contribution in [0, 0.1) is 5.82 Å². The van der Waals surface area contributed by atoms with Gasteiger partial charge in [-0.25, -0.2) is 9.37 Å². The van der Waals surface area contributed by atoms with Gasteiger partial charge < -0.3 is 4.42 Å². The fourth-order valence-electron chi connectivity index (χ4n) is 3.27. The number of aromatic nitrogens is 1. The van der Waals surface area contributed by atoms with Crippen LogP contribution >= 0.6 is 0 Å². The van der Waals surface area contributed by atoms with Gasteiger partial charge in [-0.3, -0.25) is 4.90 Å². The summed E-state index contributed by atoms with van der Waals surface area (Å²) in [6, 6.07) is 24.6. The third-order valence-electron chi connectivity index (χ3n) is 4.46. The predicted molar refractivity (Wildman–Crippen MR) is 100 cm³/mol. The summed E-state index contributed by atoms with van der Waals surface area (Å²) in [4.78, 5) is 6.73. The van der Waals surface area contributed by atoms with Crippen molar-refractivity contribution in [1.82, 2.24) is 9.88 Å². The van der Waals surface area contributed by atoms with E-state index in [1.165, 1.54) is 12.1 Å². The smallest absolute Gasteiger partial charge is 0.209 e. The van der Waals surface area contributed by atoms with Crippen molar-refractivity contribution in [3.05, 3.63) is 102 Å². The Morgan fingerprint density at radius 3 is 2.27 bits per heavy atom. The second-order valence-corrected chi connectivity index (χ2v) is 6.36. The largest absolute Gasteiger partial charge is 0.439 e. The Hall–Kier alpha value is -2.98. The minimum atomic E-state index is -0.234. The third kappa shape index (κ3) is 3.37. The molecule has 4 rings (SSSR count). The first-order chi connectivity index (χ1) is 12.7. The first-order valence-electron chi connectivity index (χ1n) is 8.56. The van der Waals surface area contributed by atoms with Crippen LogP contribution in [0.5, 0.6) is 0 Å². The molecule has 26 heavy (non-hydrogen) atoms. The molecule has 0 fully saturated rings. The molecule has 0 spiro atoms. The maximum Gasteiger partial charge on any atom is 0.209 e. The standard InChI is InChI=1S/C22H19FN2O/c1-25(15-21-24-19-9-5-6-10-20(19)26-21)22(16-7-3-2-4-8-16)17-11-13-18(23)14-12-17/h2-14,22H,15H2,1H3. The van der Waals surface area contributed by atoms with Gasteiger partial charge in [0, 0.05) is 0 Å². The SMILES string of the molecule is CN(Cc1nc2ccccc2o1)C(c1ccccc1)c1ccc(F)cc1. The third-order valence-corrected chi connectivity index (χ3v) is 4.46. The molecule has 0 saturated heterocycles. The lowest BCUT2D eigenvalue weighted by molar-refractivity contribution is 0.245. The Morgan fingerprint density at radius 2 is 1.54 bits per heavy atom. The van der Waals surface area contributed by atoms with Crippen LogP contribution in [-0.4, -0.2) is 16.9 Å². The van der Waals surface area contributed by atoms with Crippen molar-refractivity contribution in [3.8, 4) is 0 Å². The van der Waals surface area contributed by atoms with Gasteiger partial charge in [0.2, 0.25) is 5.89 Å². The van der Waals surface area contributed by atoms with E-state index in [9.17, 15) is 4.39 Å². The number of nitrogens with zero attached hydrogens (tertiary/aromatic N) is 2. The highest BCUT2D eigenvalue weighted by Crippen LogP contribution is 2.29. The molecule has 130 valence electrons. The maximum absolute atomic E-state index is 13.4. The van der Waals surface area contributed by atoms with E-state index in [-0.39, 0.29) is 11.9 Å². The van der Waals surface area contributed by atoms with Crippen molar-refractivity contribution in [1.29, 1.82) is 0 Å². The number of fused-ring (bicyclic) bond motifs is 1. The van der Waals surface area contributed by atoms with E-state index >= 15 is 0 Å². The summed E-state index contributed by atoms with van der Waals surface area (Å²) in [5.74, 6) is 0.430. The molecule has 1 aromatic heterocycles. The summed E-state index contributed by atoms with van der Waals surface area (Å²) in [6.07, 6.45) is 0. The number of para-hydroxylation sites is 2. The quantitative estimate of drug-likeness (QED) is 0.498. The Morgan fingerprint density at radius 1 is 0.885 bits per heavy atom. The summed E-state index contributed by atoms with van der Waals surface area (Å²) >= 11 is 0. The Balaban J connectivity index is 1.67. The van der Waals surface area contributed by atoms with E-state index < -0.39 is 0 Å². The molecule has 0 amide bonds. The van der Waals surface area contributed by atoms with E-state index in [4.69, 9.17) is 4.42 Å². The normalized spacial score (nSPS) is 12.6. The Bertz CT molecular complexity index is 963. The summed E-state index contributed by atoms with van der Waals surface area (Å²) in [5.41, 5.74) is 3.80. The van der Waals surface area contributed by atoms with Gasteiger partial charge in [-0.05, 0) is 42.4 Å². The van der Waals surface area contributed by atoms with Crippen molar-refractivity contribution < 1.29 is 8.81 Å². The van der Waals surface area contributed by atoms with Gasteiger partial charge in [-0.15, -0.1) is 0 Å². The van der Waals surface area contributed by atoms with Crippen LogP contribution in [0.25, 0.3) is 11.1 Å². The average molecular weight is 346 g/mol. The monoisotopic (exact) mass is 346 g/mol. The number of hydrogen-bond acceptors (Lipinski definition) is 3. The van der Waals surface area contributed by atoms with Crippen LogP contribution in [0.3, 0.4) is 0 Å². The molecule has 0 N–H and O–H groups in total. The fourth-order valence-corrected chi connectivity index (χ4v) is 3.27. The minimum absolute atomic E-state index is 0.0215. The van der Waals surface area contributed by atoms with E-state index in [0.717, 1.165) is 22.2 Å². The van der Waals surface area contributed by atoms with Crippen LogP contribution in [-0.2, 0) is 6.54 Å². The molecule has 0 aliphatic carbocycles. The Kier molecular flexibility index (Phi) is 4.50. The zero-order chi connectivity index (χ0) is 17.9. The first kappa shape index (κ1) is 16.5. The predicted octanol–water partition coefficient (Wildman–Crippen LogP) is 5.19. The number of halogens is 1. The topological polar surface area (TPSA) is 29.3 Å². The maximum atomic E-state index is 13.4. The number of hydrogen-bond donors (Lipinski definition) is 0. The van der Waals surface area contributed by atoms with Gasteiger partial charge in [-0.2, -0.15) is 0 Å². The molecule has 3 aromatic carbocycles. The van der Waals surface area contributed by atoms with Gasteiger partial charge in [0.15, 0.2) is 5.58 Å². The lowest BCUT2D eigenvalue weighted by Gasteiger charge is -2.28. The summed E-state index contributed by atoms with van der Waals surface area (Å²) in [6.45, 7) is 0.547. The Labute approximate surface area is 151 Å². The summed E-state index contributed by atoms with van der Waals surface area (Å²) in [7, 11) is 2.02. The van der Waals surface area contributed by atoms with Crippen molar-refractivity contribution in [2.75, 3.05) is 7.05 Å². The minimum Gasteiger partial charge on any atom is -0.439 e. The van der Waals surface area contributed by atoms with Crippen molar-refractivity contribution >= 4 is 11.1 Å². The molecule has 0 bridgehead atoms. The number of oxazole rings is 1. The van der Waals surface area contributed by atoms with E-state index in [2.05, 4.69) is 22.0 Å². The molecule has 3 nitrogen and oxygen atoms in total. The molecule has 4 aromatic rings. The molecule has 1 atom stereocenters. The average Bonchev–Trinajstić information content (AvgIpc) is 3.06. The molecular formula is C22H19FN2O. The lowest BCUT2D eigenvalue weighted by Crippen LogP contribution is -2.25. The lowest BCUT2D eigenvalue weighted by atomic mass is 9.97. The highest BCUT2D eigenvalue weighted by molar-refractivity contribution is 5.72. The highest BCUT2D eigenvalue weighted by atomic mass is 19.1. The molecule has 4 heteroatoms. The van der Waals surface area contributed by atoms with Gasteiger partial charge in [0.1, 0.15) is 11.3 Å². The van der Waals surface area contributed by atoms with E-state index in [1.54, 1.807) is 0 Å². The molecule has 1 heterocycles. The van der Waals surface area contributed by atoms with Gasteiger partial charge in [0.25, 0.3) is 0 Å². The van der Waals surface area contributed by atoms with Crippen LogP contribution in [0.15, 0.2) is 83.3 Å². The molecular weight excluding hydrogens is 327 g/mol. The fraction of sp³-hybridized carbons (Fsp3) is 0.136. The molecule has 0 aliphatic rings. The molecule has 0 radical (unpaired) electrons. The van der Waals surface area contributed by atoms with Crippen molar-refractivity contribution in [2.24, 2.45) is 0 Å². The molecule has 0 aliphatic heterocycles. The zero-order valence-electron chi connectivity index (χ0n) is 14.5. The van der Waals surface area contributed by atoms with Crippen LogP contribution in [0.4, 0.5) is 4.39 Å². The molecule has 0 saturated carbocycles. The van der Waals surface area contributed by atoms with Gasteiger partial charge in [-0.1, -0.05) is 54.6 Å². The van der Waals surface area contributed by atoms with Gasteiger partial charge in [0.05, 0.1) is 12.6 Å². The highest BCUT2D eigenvalue weighted by Gasteiger charge is 2.21. The number of benzene rings is 3. The molecule has 1 unspecified atom stereocenters. The van der Waals surface area contributed by atoms with Crippen LogP contribution in [0.1, 0.15) is 23.1 Å². The van der Waals surface area contributed by atoms with Crippen LogP contribution in [0.2, 0.25) is 0 Å². The van der Waals surface area contributed by atoms with E-state index in [0.29, 0.717) is 12.4 Å². The summed E-state index contributed by atoms with van der Waals surface area (Å²) in [5, 5.41) is 0. The second kappa shape index (κ2) is 7.10. The van der Waals surface area contributed by atoms with Crippen molar-refractivity contribution in [2.45, 2.75) is 12.6 Å². The van der Waals surface area contributed by atoms with E-state index in [1.807, 2.05) is 61.6 Å². The van der Waals surface area contributed by atoms with Crippen LogP contribution < -0.4 is 0 Å². The summed E-state index contributed by atoms with van der Waals surface area (Å²) < 4.78 is 19.2. The van der Waals surface area contributed by atoms with Gasteiger partial charge >= 0.3 is 0 Å². The zero-order valence-corrected chi connectivity index (χ0v) is 14.5. The second-order valence-electron chi connectivity index (χ2n) is 6.36. The van der Waals surface area contributed by atoms with Crippen molar-refractivity contribution in [3.63, 3.8) is 0 Å². The first-order valence-corrected chi connectivity index (χ1v) is 8.56. The number of rotatable bonds is 5.